The Bertz CT molecular complexity index is 832. The molecule has 31 heavy (non-hydrogen) atoms. The first kappa shape index (κ1) is 25.0. The fourth-order valence-corrected chi connectivity index (χ4v) is 3.41. The molecule has 170 valence electrons. The van der Waals surface area contributed by atoms with Crippen LogP contribution in [-0.4, -0.2) is 44.9 Å². The Morgan fingerprint density at radius 1 is 1.03 bits per heavy atom. The number of methoxy groups -OCH3 is 1. The Morgan fingerprint density at radius 3 is 2.29 bits per heavy atom. The van der Waals surface area contributed by atoms with Crippen molar-refractivity contribution in [1.29, 1.82) is 0 Å². The van der Waals surface area contributed by atoms with Gasteiger partial charge < -0.3 is 18.9 Å². The fraction of sp³-hybridized carbons (Fsp3) is 0.480. The van der Waals surface area contributed by atoms with Crippen molar-refractivity contribution >= 4 is 17.6 Å². The molecule has 0 aliphatic heterocycles. The third kappa shape index (κ3) is 7.44. The zero-order valence-electron chi connectivity index (χ0n) is 19.1. The zero-order chi connectivity index (χ0) is 22.9. The lowest BCUT2D eigenvalue weighted by Crippen LogP contribution is -2.26. The highest BCUT2D eigenvalue weighted by Gasteiger charge is 2.24. The van der Waals surface area contributed by atoms with E-state index in [0.717, 1.165) is 23.5 Å². The Kier molecular flexibility index (Phi) is 9.66. The van der Waals surface area contributed by atoms with E-state index in [-0.39, 0.29) is 23.9 Å². The van der Waals surface area contributed by atoms with Gasteiger partial charge in [0, 0.05) is 32.5 Å². The van der Waals surface area contributed by atoms with Gasteiger partial charge in [-0.25, -0.2) is 0 Å². The number of aryl methyl sites for hydroxylation is 1. The summed E-state index contributed by atoms with van der Waals surface area (Å²) in [6.45, 7) is 9.31. The summed E-state index contributed by atoms with van der Waals surface area (Å²) in [4.78, 5) is 11.1. The number of hydrogen-bond donors (Lipinski definition) is 0. The predicted octanol–water partition coefficient (Wildman–Crippen LogP) is 5.29. The summed E-state index contributed by atoms with van der Waals surface area (Å²) >= 11 is 5.85. The number of carbonyl (C=O) groups excluding carboxylic acids is 1. The second kappa shape index (κ2) is 12.0. The van der Waals surface area contributed by atoms with Gasteiger partial charge in [0.15, 0.2) is 0 Å². The van der Waals surface area contributed by atoms with Crippen LogP contribution in [-0.2, 0) is 19.7 Å². The molecular formula is C25H33ClO5. The van der Waals surface area contributed by atoms with Crippen LogP contribution in [0, 0.1) is 6.92 Å². The van der Waals surface area contributed by atoms with Crippen LogP contribution in [0.4, 0.5) is 0 Å². The average molecular weight is 449 g/mol. The zero-order valence-corrected chi connectivity index (χ0v) is 19.8. The third-order valence-corrected chi connectivity index (χ3v) is 5.51. The van der Waals surface area contributed by atoms with Crippen molar-refractivity contribution in [3.8, 4) is 11.5 Å². The molecule has 6 heteroatoms. The molecule has 0 saturated carbocycles. The van der Waals surface area contributed by atoms with Gasteiger partial charge in [0.2, 0.25) is 0 Å². The van der Waals surface area contributed by atoms with E-state index < -0.39 is 6.10 Å². The second-order valence-corrected chi connectivity index (χ2v) is 8.33. The van der Waals surface area contributed by atoms with Crippen LogP contribution in [0.2, 0.25) is 0 Å². The smallest absolute Gasteiger partial charge is 0.303 e. The van der Waals surface area contributed by atoms with Crippen molar-refractivity contribution in [2.24, 2.45) is 0 Å². The van der Waals surface area contributed by atoms with E-state index in [9.17, 15) is 4.79 Å². The first-order valence-electron chi connectivity index (χ1n) is 10.5. The first-order chi connectivity index (χ1) is 14.8. The molecule has 2 rings (SSSR count). The molecule has 0 aliphatic carbocycles. The van der Waals surface area contributed by atoms with Gasteiger partial charge in [-0.05, 0) is 41.8 Å². The first-order valence-corrected chi connectivity index (χ1v) is 11.0. The minimum Gasteiger partial charge on any atom is -0.494 e. The lowest BCUT2D eigenvalue weighted by Gasteiger charge is -2.27. The van der Waals surface area contributed by atoms with Gasteiger partial charge in [0.25, 0.3) is 0 Å². The van der Waals surface area contributed by atoms with Gasteiger partial charge in [0.05, 0.1) is 12.5 Å². The molecule has 0 spiro atoms. The minimum absolute atomic E-state index is 0.186. The van der Waals surface area contributed by atoms with Gasteiger partial charge in [0.1, 0.15) is 24.2 Å². The van der Waals surface area contributed by atoms with E-state index in [1.54, 1.807) is 7.11 Å². The molecule has 0 amide bonds. The Labute approximate surface area is 190 Å². The number of carbonyl (C=O) groups is 1. The molecule has 0 aliphatic rings. The predicted molar refractivity (Wildman–Crippen MR) is 124 cm³/mol. The summed E-state index contributed by atoms with van der Waals surface area (Å²) in [7, 11) is 1.69. The Hall–Kier alpha value is -2.24. The highest BCUT2D eigenvalue weighted by atomic mass is 35.5. The van der Waals surface area contributed by atoms with Gasteiger partial charge in [-0.1, -0.05) is 38.1 Å². The standard InChI is InChI=1S/C25H33ClO5/c1-18-15-21(9-12-24(18)30-17-23(16-26)31-19(2)27)25(3,4)20-7-10-22(11-8-20)29-14-6-13-28-5/h7-12,15,23H,6,13-14,16-17H2,1-5H3. The molecule has 0 fully saturated rings. The molecule has 0 N–H and O–H groups in total. The Morgan fingerprint density at radius 2 is 1.71 bits per heavy atom. The molecule has 0 radical (unpaired) electrons. The van der Waals surface area contributed by atoms with Crippen LogP contribution in [0.1, 0.15) is 43.9 Å². The van der Waals surface area contributed by atoms with Gasteiger partial charge >= 0.3 is 5.97 Å². The van der Waals surface area contributed by atoms with E-state index >= 15 is 0 Å². The van der Waals surface area contributed by atoms with Gasteiger partial charge in [-0.3, -0.25) is 4.79 Å². The number of rotatable bonds is 12. The van der Waals surface area contributed by atoms with Crippen molar-refractivity contribution in [2.75, 3.05) is 32.8 Å². The molecular weight excluding hydrogens is 416 g/mol. The topological polar surface area (TPSA) is 54.0 Å². The van der Waals surface area contributed by atoms with Crippen LogP contribution < -0.4 is 9.47 Å². The summed E-state index contributed by atoms with van der Waals surface area (Å²) in [6, 6.07) is 14.4. The highest BCUT2D eigenvalue weighted by molar-refractivity contribution is 6.18. The molecule has 5 nitrogen and oxygen atoms in total. The summed E-state index contributed by atoms with van der Waals surface area (Å²) in [5.74, 6) is 1.43. The normalized spacial score (nSPS) is 12.3. The molecule has 2 aromatic carbocycles. The van der Waals surface area contributed by atoms with Crippen LogP contribution in [0.3, 0.4) is 0 Å². The highest BCUT2D eigenvalue weighted by Crippen LogP contribution is 2.34. The number of esters is 1. The Balaban J connectivity index is 2.05. The summed E-state index contributed by atoms with van der Waals surface area (Å²) in [6.07, 6.45) is 0.397. The van der Waals surface area contributed by atoms with E-state index in [1.165, 1.54) is 18.1 Å². The molecule has 1 atom stereocenters. The lowest BCUT2D eigenvalue weighted by atomic mass is 9.77. The van der Waals surface area contributed by atoms with Crippen molar-refractivity contribution in [1.82, 2.24) is 0 Å². The summed E-state index contributed by atoms with van der Waals surface area (Å²) < 4.78 is 21.8. The van der Waals surface area contributed by atoms with Crippen LogP contribution >= 0.6 is 11.6 Å². The number of alkyl halides is 1. The third-order valence-electron chi connectivity index (χ3n) is 5.16. The second-order valence-electron chi connectivity index (χ2n) is 8.02. The SMILES string of the molecule is COCCCOc1ccc(C(C)(C)c2ccc(OCC(CCl)OC(C)=O)c(C)c2)cc1. The number of halogens is 1. The number of hydrogen-bond acceptors (Lipinski definition) is 5. The van der Waals surface area contributed by atoms with Crippen molar-refractivity contribution in [3.05, 3.63) is 59.2 Å². The summed E-state index contributed by atoms with van der Waals surface area (Å²) in [5, 5.41) is 0. The summed E-state index contributed by atoms with van der Waals surface area (Å²) in [5.41, 5.74) is 3.20. The lowest BCUT2D eigenvalue weighted by molar-refractivity contribution is -0.146. The molecule has 2 aromatic rings. The number of ether oxygens (including phenoxy) is 4. The molecule has 0 saturated heterocycles. The van der Waals surface area contributed by atoms with Crippen molar-refractivity contribution < 1.29 is 23.7 Å². The van der Waals surface area contributed by atoms with Crippen LogP contribution in [0.5, 0.6) is 11.5 Å². The van der Waals surface area contributed by atoms with E-state index in [1.807, 2.05) is 25.1 Å². The molecule has 0 aromatic heterocycles. The van der Waals surface area contributed by atoms with Crippen LogP contribution in [0.15, 0.2) is 42.5 Å². The van der Waals surface area contributed by atoms with E-state index in [0.29, 0.717) is 13.2 Å². The van der Waals surface area contributed by atoms with Crippen LogP contribution in [0.25, 0.3) is 0 Å². The maximum Gasteiger partial charge on any atom is 0.303 e. The van der Waals surface area contributed by atoms with E-state index in [4.69, 9.17) is 30.5 Å². The quantitative estimate of drug-likeness (QED) is 0.251. The van der Waals surface area contributed by atoms with Gasteiger partial charge in [-0.15, -0.1) is 11.6 Å². The van der Waals surface area contributed by atoms with Crippen molar-refractivity contribution in [3.63, 3.8) is 0 Å². The van der Waals surface area contributed by atoms with Gasteiger partial charge in [-0.2, -0.15) is 0 Å². The monoisotopic (exact) mass is 448 g/mol. The average Bonchev–Trinajstić information content (AvgIpc) is 2.75. The minimum atomic E-state index is -0.468. The molecule has 1 unspecified atom stereocenters. The fourth-order valence-electron chi connectivity index (χ4n) is 3.26. The van der Waals surface area contributed by atoms with E-state index in [2.05, 4.69) is 38.1 Å². The molecule has 0 bridgehead atoms. The molecule has 0 heterocycles. The maximum absolute atomic E-state index is 11.1. The largest absolute Gasteiger partial charge is 0.494 e. The maximum atomic E-state index is 11.1. The van der Waals surface area contributed by atoms with Crippen molar-refractivity contribution in [2.45, 2.75) is 45.6 Å². The number of benzene rings is 2.